The van der Waals surface area contributed by atoms with E-state index in [4.69, 9.17) is 9.47 Å². The zero-order valence-electron chi connectivity index (χ0n) is 19.6. The molecule has 1 fully saturated rings. The van der Waals surface area contributed by atoms with Crippen molar-refractivity contribution in [2.24, 2.45) is 0 Å². The van der Waals surface area contributed by atoms with Crippen molar-refractivity contribution in [1.29, 1.82) is 0 Å². The van der Waals surface area contributed by atoms with Crippen LogP contribution in [0.25, 0.3) is 11.0 Å². The molecule has 0 saturated carbocycles. The Labute approximate surface area is 200 Å². The van der Waals surface area contributed by atoms with E-state index in [2.05, 4.69) is 11.9 Å². The predicted octanol–water partition coefficient (Wildman–Crippen LogP) is 3.70. The Morgan fingerprint density at radius 3 is 2.53 bits per heavy atom. The summed E-state index contributed by atoms with van der Waals surface area (Å²) in [5, 5.41) is 0. The van der Waals surface area contributed by atoms with Gasteiger partial charge in [-0.25, -0.2) is 13.4 Å². The number of sulfonamides is 1. The van der Waals surface area contributed by atoms with Crippen molar-refractivity contribution in [2.45, 2.75) is 50.7 Å². The molecule has 1 saturated heterocycles. The lowest BCUT2D eigenvalue weighted by Gasteiger charge is -2.26. The zero-order valence-corrected chi connectivity index (χ0v) is 20.5. The molecule has 3 aromatic rings. The van der Waals surface area contributed by atoms with Gasteiger partial charge in [-0.2, -0.15) is 4.31 Å². The van der Waals surface area contributed by atoms with Gasteiger partial charge in [0.05, 0.1) is 35.1 Å². The van der Waals surface area contributed by atoms with E-state index in [1.807, 2.05) is 41.8 Å². The Balaban J connectivity index is 1.58. The number of benzene rings is 2. The quantitative estimate of drug-likeness (QED) is 0.429. The maximum absolute atomic E-state index is 13.1. The van der Waals surface area contributed by atoms with Gasteiger partial charge in [-0.3, -0.25) is 4.79 Å². The number of imidazole rings is 1. The third-order valence-corrected chi connectivity index (χ3v) is 7.99. The normalized spacial score (nSPS) is 15.9. The van der Waals surface area contributed by atoms with Crippen LogP contribution < -0.4 is 0 Å². The highest BCUT2D eigenvalue weighted by molar-refractivity contribution is 7.89. The highest BCUT2D eigenvalue weighted by atomic mass is 32.2. The Morgan fingerprint density at radius 2 is 1.85 bits per heavy atom. The molecule has 0 N–H and O–H groups in total. The fraction of sp³-hybridized carbons (Fsp3) is 0.440. The van der Waals surface area contributed by atoms with Crippen LogP contribution in [0.5, 0.6) is 0 Å². The zero-order chi connectivity index (χ0) is 24.1. The first-order valence-corrected chi connectivity index (χ1v) is 13.2. The van der Waals surface area contributed by atoms with Gasteiger partial charge in [0.2, 0.25) is 10.0 Å². The first kappa shape index (κ1) is 24.4. The van der Waals surface area contributed by atoms with E-state index in [-0.39, 0.29) is 23.4 Å². The monoisotopic (exact) mass is 485 g/mol. The largest absolute Gasteiger partial charge is 0.457 e. The Kier molecular flexibility index (Phi) is 7.65. The molecule has 0 radical (unpaired) electrons. The number of morpholine rings is 1. The van der Waals surface area contributed by atoms with E-state index >= 15 is 0 Å². The number of esters is 1. The molecule has 2 aromatic carbocycles. The van der Waals surface area contributed by atoms with Crippen LogP contribution >= 0.6 is 0 Å². The molecule has 1 aromatic heterocycles. The summed E-state index contributed by atoms with van der Waals surface area (Å²) >= 11 is 0. The van der Waals surface area contributed by atoms with Crippen LogP contribution in [0, 0.1) is 0 Å². The second-order valence-corrected chi connectivity index (χ2v) is 10.3. The number of nitrogens with zero attached hydrogens (tertiary/aromatic N) is 3. The first-order chi connectivity index (χ1) is 16.5. The lowest BCUT2D eigenvalue weighted by Crippen LogP contribution is -2.40. The molecular weight excluding hydrogens is 454 g/mol. The summed E-state index contributed by atoms with van der Waals surface area (Å²) in [6.07, 6.45) is 1.50. The number of hydrogen-bond donors (Lipinski definition) is 0. The molecule has 34 heavy (non-hydrogen) atoms. The van der Waals surface area contributed by atoms with Crippen LogP contribution in [-0.2, 0) is 37.4 Å². The van der Waals surface area contributed by atoms with Gasteiger partial charge in [-0.05, 0) is 36.6 Å². The van der Waals surface area contributed by atoms with E-state index in [9.17, 15) is 13.2 Å². The minimum absolute atomic E-state index is 0.0302. The van der Waals surface area contributed by atoms with Gasteiger partial charge in [0.1, 0.15) is 12.4 Å². The molecule has 0 spiro atoms. The van der Waals surface area contributed by atoms with Crippen molar-refractivity contribution in [2.75, 3.05) is 26.3 Å². The Morgan fingerprint density at radius 1 is 1.12 bits per heavy atom. The highest BCUT2D eigenvalue weighted by Gasteiger charge is 2.27. The maximum Gasteiger partial charge on any atom is 0.313 e. The van der Waals surface area contributed by atoms with E-state index in [0.29, 0.717) is 50.6 Å². The lowest BCUT2D eigenvalue weighted by atomic mass is 9.97. The molecule has 1 unspecified atom stereocenters. The summed E-state index contributed by atoms with van der Waals surface area (Å²) in [7, 11) is -3.62. The number of fused-ring (bicyclic) bond motifs is 1. The number of hydrogen-bond acceptors (Lipinski definition) is 6. The molecule has 182 valence electrons. The van der Waals surface area contributed by atoms with Crippen LogP contribution in [0.3, 0.4) is 0 Å². The summed E-state index contributed by atoms with van der Waals surface area (Å²) in [4.78, 5) is 17.7. The summed E-state index contributed by atoms with van der Waals surface area (Å²) in [6.45, 7) is 6.20. The molecular formula is C25H31N3O5S. The number of carbonyl (C=O) groups is 1. The van der Waals surface area contributed by atoms with Gasteiger partial charge in [0, 0.05) is 19.6 Å². The van der Waals surface area contributed by atoms with Crippen LogP contribution in [0.4, 0.5) is 0 Å². The van der Waals surface area contributed by atoms with E-state index in [1.54, 1.807) is 18.2 Å². The first-order valence-electron chi connectivity index (χ1n) is 11.7. The van der Waals surface area contributed by atoms with Gasteiger partial charge in [0.15, 0.2) is 0 Å². The van der Waals surface area contributed by atoms with Crippen LogP contribution in [0.15, 0.2) is 53.4 Å². The lowest BCUT2D eigenvalue weighted by molar-refractivity contribution is -0.147. The summed E-state index contributed by atoms with van der Waals surface area (Å²) in [6, 6.07) is 14.6. The van der Waals surface area contributed by atoms with Crippen molar-refractivity contribution in [3.05, 3.63) is 59.9 Å². The number of ether oxygens (including phenoxy) is 2. The third kappa shape index (κ3) is 5.01. The fourth-order valence-electron chi connectivity index (χ4n) is 4.30. The van der Waals surface area contributed by atoms with Gasteiger partial charge < -0.3 is 14.0 Å². The molecule has 0 amide bonds. The van der Waals surface area contributed by atoms with Gasteiger partial charge >= 0.3 is 5.97 Å². The molecule has 0 bridgehead atoms. The fourth-order valence-corrected chi connectivity index (χ4v) is 5.73. The number of carbonyl (C=O) groups excluding carboxylic acids is 1. The van der Waals surface area contributed by atoms with E-state index in [0.717, 1.165) is 17.5 Å². The maximum atomic E-state index is 13.1. The summed E-state index contributed by atoms with van der Waals surface area (Å²) < 4.78 is 40.5. The Bertz CT molecular complexity index is 1230. The second-order valence-electron chi connectivity index (χ2n) is 8.33. The van der Waals surface area contributed by atoms with Crippen molar-refractivity contribution in [3.63, 3.8) is 0 Å². The molecule has 0 aliphatic carbocycles. The van der Waals surface area contributed by atoms with Gasteiger partial charge in [-0.15, -0.1) is 0 Å². The van der Waals surface area contributed by atoms with Crippen molar-refractivity contribution >= 4 is 27.0 Å². The molecule has 1 atom stereocenters. The van der Waals surface area contributed by atoms with Crippen molar-refractivity contribution < 1.29 is 22.7 Å². The molecule has 4 rings (SSSR count). The molecule has 2 heterocycles. The highest BCUT2D eigenvalue weighted by Crippen LogP contribution is 2.25. The Hall–Kier alpha value is -2.75. The average molecular weight is 486 g/mol. The minimum Gasteiger partial charge on any atom is -0.457 e. The van der Waals surface area contributed by atoms with Crippen LogP contribution in [0.1, 0.15) is 44.0 Å². The summed E-state index contributed by atoms with van der Waals surface area (Å²) in [5.74, 6) is -0.0242. The topological polar surface area (TPSA) is 90.7 Å². The SMILES string of the molecule is CCCn1c(COC(=O)C(CC)c2ccccc2)nc2cc(S(=O)(=O)N3CCOCC3)ccc21. The van der Waals surface area contributed by atoms with E-state index < -0.39 is 10.0 Å². The van der Waals surface area contributed by atoms with Gasteiger partial charge in [-0.1, -0.05) is 44.2 Å². The third-order valence-electron chi connectivity index (χ3n) is 6.09. The minimum atomic E-state index is -3.62. The molecule has 8 nitrogen and oxygen atoms in total. The predicted molar refractivity (Wildman–Crippen MR) is 129 cm³/mol. The van der Waals surface area contributed by atoms with Crippen LogP contribution in [0.2, 0.25) is 0 Å². The number of aromatic nitrogens is 2. The van der Waals surface area contributed by atoms with Crippen LogP contribution in [-0.4, -0.2) is 54.5 Å². The smallest absolute Gasteiger partial charge is 0.313 e. The molecule has 1 aliphatic rings. The number of rotatable bonds is 9. The average Bonchev–Trinajstić information content (AvgIpc) is 3.21. The number of aryl methyl sites for hydroxylation is 1. The second kappa shape index (κ2) is 10.7. The molecule has 9 heteroatoms. The summed E-state index contributed by atoms with van der Waals surface area (Å²) in [5.41, 5.74) is 2.32. The van der Waals surface area contributed by atoms with E-state index in [1.165, 1.54) is 4.31 Å². The van der Waals surface area contributed by atoms with Gasteiger partial charge in [0.25, 0.3) is 0 Å². The standard InChI is InChI=1S/C25H31N3O5S/c1-3-12-28-23-11-10-20(34(30,31)27-13-15-32-16-14-27)17-22(23)26-24(28)18-33-25(29)21(4-2)19-8-6-5-7-9-19/h5-11,17,21H,3-4,12-16,18H2,1-2H3. The molecule has 1 aliphatic heterocycles. The van der Waals surface area contributed by atoms with Crippen molar-refractivity contribution in [1.82, 2.24) is 13.9 Å². The van der Waals surface area contributed by atoms with Crippen molar-refractivity contribution in [3.8, 4) is 0 Å².